The minimum atomic E-state index is -0.416. The summed E-state index contributed by atoms with van der Waals surface area (Å²) in [6, 6.07) is 19.0. The standard InChI is InChI=1S/C26H22FN3O4/c27-21-10-8-20(9-11-21)26(34)29-22-3-1-2-18(14-22)15-28-25(33)19-6-4-17(5-7-19)16-30-23(31)12-13-24(30)32/h1-11,14H,12-13,15-16H2,(H,28,33)(H,29,34). The maximum Gasteiger partial charge on any atom is 0.255 e. The number of anilines is 1. The Balaban J connectivity index is 1.32. The lowest BCUT2D eigenvalue weighted by Crippen LogP contribution is -2.28. The van der Waals surface area contributed by atoms with Crippen LogP contribution in [0.15, 0.2) is 72.8 Å². The van der Waals surface area contributed by atoms with Gasteiger partial charge in [-0.05, 0) is 59.7 Å². The van der Waals surface area contributed by atoms with Crippen molar-refractivity contribution in [2.45, 2.75) is 25.9 Å². The molecule has 2 N–H and O–H groups in total. The molecular formula is C26H22FN3O4. The molecule has 4 amide bonds. The highest BCUT2D eigenvalue weighted by Crippen LogP contribution is 2.17. The molecule has 4 rings (SSSR count). The second-order valence-corrected chi connectivity index (χ2v) is 7.91. The van der Waals surface area contributed by atoms with Gasteiger partial charge in [0, 0.05) is 36.2 Å². The normalized spacial score (nSPS) is 13.1. The van der Waals surface area contributed by atoms with Gasteiger partial charge in [0.15, 0.2) is 0 Å². The average molecular weight is 459 g/mol. The Kier molecular flexibility index (Phi) is 6.77. The Morgan fingerprint density at radius 1 is 0.794 bits per heavy atom. The van der Waals surface area contributed by atoms with E-state index < -0.39 is 5.82 Å². The number of amides is 4. The van der Waals surface area contributed by atoms with Crippen LogP contribution in [-0.2, 0) is 22.7 Å². The maximum absolute atomic E-state index is 13.0. The minimum Gasteiger partial charge on any atom is -0.348 e. The third-order valence-corrected chi connectivity index (χ3v) is 5.46. The summed E-state index contributed by atoms with van der Waals surface area (Å²) in [7, 11) is 0. The van der Waals surface area contributed by atoms with Gasteiger partial charge in [-0.2, -0.15) is 0 Å². The van der Waals surface area contributed by atoms with Crippen LogP contribution in [0.5, 0.6) is 0 Å². The van der Waals surface area contributed by atoms with Gasteiger partial charge in [0.25, 0.3) is 11.8 Å². The first-order valence-electron chi connectivity index (χ1n) is 10.8. The highest BCUT2D eigenvalue weighted by molar-refractivity contribution is 6.04. The van der Waals surface area contributed by atoms with E-state index in [9.17, 15) is 23.6 Å². The van der Waals surface area contributed by atoms with Crippen molar-refractivity contribution < 1.29 is 23.6 Å². The molecule has 0 unspecified atom stereocenters. The van der Waals surface area contributed by atoms with Crippen molar-refractivity contribution in [1.29, 1.82) is 0 Å². The van der Waals surface area contributed by atoms with Gasteiger partial charge < -0.3 is 10.6 Å². The SMILES string of the molecule is O=C(NCc1cccc(NC(=O)c2ccc(F)cc2)c1)c1ccc(CN2C(=O)CCC2=O)cc1. The summed E-state index contributed by atoms with van der Waals surface area (Å²) in [4.78, 5) is 49.6. The van der Waals surface area contributed by atoms with E-state index in [1.165, 1.54) is 29.2 Å². The van der Waals surface area contributed by atoms with Gasteiger partial charge in [0.2, 0.25) is 11.8 Å². The summed E-state index contributed by atoms with van der Waals surface area (Å²) in [6.07, 6.45) is 0.493. The molecule has 1 heterocycles. The molecule has 0 bridgehead atoms. The van der Waals surface area contributed by atoms with Crippen LogP contribution in [0.25, 0.3) is 0 Å². The first-order valence-corrected chi connectivity index (χ1v) is 10.8. The third kappa shape index (κ3) is 5.53. The van der Waals surface area contributed by atoms with Crippen molar-refractivity contribution in [3.05, 3.63) is 101 Å². The van der Waals surface area contributed by atoms with E-state index in [1.54, 1.807) is 42.5 Å². The van der Waals surface area contributed by atoms with Gasteiger partial charge in [-0.15, -0.1) is 0 Å². The fourth-order valence-electron chi connectivity index (χ4n) is 3.59. The second kappa shape index (κ2) is 10.1. The molecule has 172 valence electrons. The molecule has 3 aromatic rings. The molecule has 1 aliphatic heterocycles. The monoisotopic (exact) mass is 459 g/mol. The lowest BCUT2D eigenvalue weighted by Gasteiger charge is -2.14. The van der Waals surface area contributed by atoms with Crippen molar-refractivity contribution in [1.82, 2.24) is 10.2 Å². The van der Waals surface area contributed by atoms with Gasteiger partial charge in [0.1, 0.15) is 5.82 Å². The van der Waals surface area contributed by atoms with Crippen LogP contribution in [0.2, 0.25) is 0 Å². The number of rotatable bonds is 7. The molecule has 0 atom stereocenters. The molecule has 8 heteroatoms. The first kappa shape index (κ1) is 22.8. The lowest BCUT2D eigenvalue weighted by molar-refractivity contribution is -0.139. The van der Waals surface area contributed by atoms with Crippen LogP contribution in [0, 0.1) is 5.82 Å². The molecule has 0 aromatic heterocycles. The molecule has 7 nitrogen and oxygen atoms in total. The number of nitrogens with one attached hydrogen (secondary N) is 2. The highest BCUT2D eigenvalue weighted by Gasteiger charge is 2.28. The Labute approximate surface area is 195 Å². The van der Waals surface area contributed by atoms with Crippen LogP contribution in [0.1, 0.15) is 44.7 Å². The predicted molar refractivity (Wildman–Crippen MR) is 123 cm³/mol. The van der Waals surface area contributed by atoms with Crippen molar-refractivity contribution in [2.75, 3.05) is 5.32 Å². The first-order chi connectivity index (χ1) is 16.4. The number of imide groups is 1. The Morgan fingerprint density at radius 2 is 1.41 bits per heavy atom. The quantitative estimate of drug-likeness (QED) is 0.527. The van der Waals surface area contributed by atoms with E-state index in [1.807, 2.05) is 6.07 Å². The van der Waals surface area contributed by atoms with E-state index in [0.717, 1.165) is 11.1 Å². The summed E-state index contributed by atoms with van der Waals surface area (Å²) in [5.74, 6) is -1.41. The largest absolute Gasteiger partial charge is 0.348 e. The summed E-state index contributed by atoms with van der Waals surface area (Å²) in [5.41, 5.74) is 2.89. The lowest BCUT2D eigenvalue weighted by atomic mass is 10.1. The van der Waals surface area contributed by atoms with Crippen LogP contribution in [0.3, 0.4) is 0 Å². The average Bonchev–Trinajstić information content (AvgIpc) is 3.15. The summed E-state index contributed by atoms with van der Waals surface area (Å²) >= 11 is 0. The number of carbonyl (C=O) groups is 4. The molecule has 3 aromatic carbocycles. The Hall–Kier alpha value is -4.33. The molecule has 0 saturated carbocycles. The second-order valence-electron chi connectivity index (χ2n) is 7.91. The van der Waals surface area contributed by atoms with Crippen LogP contribution in [-0.4, -0.2) is 28.5 Å². The Bertz CT molecular complexity index is 1220. The number of likely N-dealkylation sites (tertiary alicyclic amines) is 1. The number of carbonyl (C=O) groups excluding carboxylic acids is 4. The smallest absolute Gasteiger partial charge is 0.255 e. The summed E-state index contributed by atoms with van der Waals surface area (Å²) < 4.78 is 13.0. The van der Waals surface area contributed by atoms with Gasteiger partial charge >= 0.3 is 0 Å². The Morgan fingerprint density at radius 3 is 2.09 bits per heavy atom. The van der Waals surface area contributed by atoms with Crippen LogP contribution < -0.4 is 10.6 Å². The van der Waals surface area contributed by atoms with E-state index in [4.69, 9.17) is 0 Å². The summed E-state index contributed by atoms with van der Waals surface area (Å²) in [5, 5.41) is 5.58. The van der Waals surface area contributed by atoms with Gasteiger partial charge in [-0.25, -0.2) is 4.39 Å². The topological polar surface area (TPSA) is 95.6 Å². The molecule has 34 heavy (non-hydrogen) atoms. The fraction of sp³-hybridized carbons (Fsp3) is 0.154. The summed E-state index contributed by atoms with van der Waals surface area (Å²) in [6.45, 7) is 0.452. The van der Waals surface area contributed by atoms with E-state index in [0.29, 0.717) is 16.8 Å². The molecule has 0 spiro atoms. The third-order valence-electron chi connectivity index (χ3n) is 5.46. The van der Waals surface area contributed by atoms with Crippen LogP contribution >= 0.6 is 0 Å². The van der Waals surface area contributed by atoms with E-state index in [2.05, 4.69) is 10.6 Å². The van der Waals surface area contributed by atoms with E-state index in [-0.39, 0.29) is 49.6 Å². The fourth-order valence-corrected chi connectivity index (χ4v) is 3.59. The molecular weight excluding hydrogens is 437 g/mol. The number of halogens is 1. The van der Waals surface area contributed by atoms with Crippen molar-refractivity contribution >= 4 is 29.3 Å². The van der Waals surface area contributed by atoms with Gasteiger partial charge in [0.05, 0.1) is 6.54 Å². The van der Waals surface area contributed by atoms with Gasteiger partial charge in [-0.3, -0.25) is 24.1 Å². The molecule has 1 saturated heterocycles. The van der Waals surface area contributed by atoms with Crippen LogP contribution in [0.4, 0.5) is 10.1 Å². The number of nitrogens with zero attached hydrogens (tertiary/aromatic N) is 1. The van der Waals surface area contributed by atoms with Gasteiger partial charge in [-0.1, -0.05) is 24.3 Å². The minimum absolute atomic E-state index is 0.178. The van der Waals surface area contributed by atoms with Crippen molar-refractivity contribution in [3.8, 4) is 0 Å². The molecule has 0 radical (unpaired) electrons. The molecule has 1 aliphatic rings. The maximum atomic E-state index is 13.0. The number of benzene rings is 3. The zero-order valence-electron chi connectivity index (χ0n) is 18.2. The highest BCUT2D eigenvalue weighted by atomic mass is 19.1. The predicted octanol–water partition coefficient (Wildman–Crippen LogP) is 3.66. The molecule has 0 aliphatic carbocycles. The van der Waals surface area contributed by atoms with E-state index >= 15 is 0 Å². The number of hydrogen-bond donors (Lipinski definition) is 2. The van der Waals surface area contributed by atoms with Crippen molar-refractivity contribution in [2.24, 2.45) is 0 Å². The van der Waals surface area contributed by atoms with Crippen molar-refractivity contribution in [3.63, 3.8) is 0 Å². The molecule has 1 fully saturated rings. The zero-order chi connectivity index (χ0) is 24.1. The zero-order valence-corrected chi connectivity index (χ0v) is 18.2. The number of hydrogen-bond acceptors (Lipinski definition) is 4.